The number of hydrogen-bond acceptors (Lipinski definition) is 7. The van der Waals surface area contributed by atoms with Crippen molar-refractivity contribution in [2.75, 3.05) is 43.5 Å². The smallest absolute Gasteiger partial charge is 0.223 e. The van der Waals surface area contributed by atoms with Crippen LogP contribution in [-0.4, -0.2) is 64.3 Å². The van der Waals surface area contributed by atoms with Crippen molar-refractivity contribution in [2.45, 2.75) is 76.9 Å². The van der Waals surface area contributed by atoms with E-state index in [1.807, 2.05) is 10.9 Å². The quantitative estimate of drug-likeness (QED) is 0.373. The number of hydrogen-bond donors (Lipinski definition) is 1. The maximum Gasteiger partial charge on any atom is 0.223 e. The highest BCUT2D eigenvalue weighted by Gasteiger charge is 2.26. The van der Waals surface area contributed by atoms with Gasteiger partial charge in [-0.2, -0.15) is 5.10 Å². The molecule has 0 aromatic carbocycles. The van der Waals surface area contributed by atoms with Crippen molar-refractivity contribution in [1.29, 1.82) is 0 Å². The van der Waals surface area contributed by atoms with E-state index in [0.717, 1.165) is 66.0 Å². The lowest BCUT2D eigenvalue weighted by molar-refractivity contribution is -0.126. The van der Waals surface area contributed by atoms with Crippen molar-refractivity contribution < 1.29 is 9.53 Å². The summed E-state index contributed by atoms with van der Waals surface area (Å²) in [5.41, 5.74) is 0.848. The molecule has 0 unspecified atom stereocenters. The number of carbonyl (C=O) groups excluding carboxylic acids is 1. The number of nitrogens with one attached hydrogen (secondary N) is 1. The Morgan fingerprint density at radius 3 is 2.68 bits per heavy atom. The van der Waals surface area contributed by atoms with Crippen molar-refractivity contribution in [3.8, 4) is 0 Å². The molecular weight excluding hydrogens is 448 g/mol. The summed E-state index contributed by atoms with van der Waals surface area (Å²) in [5, 5.41) is 9.55. The van der Waals surface area contributed by atoms with Crippen LogP contribution in [0.4, 0.5) is 5.82 Å². The van der Waals surface area contributed by atoms with E-state index in [2.05, 4.69) is 29.2 Å². The van der Waals surface area contributed by atoms with Crippen LogP contribution < -0.4 is 10.2 Å². The van der Waals surface area contributed by atoms with Gasteiger partial charge >= 0.3 is 0 Å². The molecule has 1 N–H and O–H groups in total. The Hall–Kier alpha value is -1.87. The topological polar surface area (TPSA) is 85.2 Å². The van der Waals surface area contributed by atoms with Crippen LogP contribution in [0, 0.1) is 11.8 Å². The van der Waals surface area contributed by atoms with E-state index in [0.29, 0.717) is 26.3 Å². The molecule has 2 aromatic heterocycles. The summed E-state index contributed by atoms with van der Waals surface area (Å²) in [4.78, 5) is 24.7. The highest BCUT2D eigenvalue weighted by molar-refractivity contribution is 7.99. The molecule has 188 valence electrons. The van der Waals surface area contributed by atoms with Crippen molar-refractivity contribution in [1.82, 2.24) is 25.1 Å². The second-order valence-corrected chi connectivity index (χ2v) is 10.6. The minimum atomic E-state index is 0.166. The van der Waals surface area contributed by atoms with Gasteiger partial charge in [-0.05, 0) is 38.0 Å². The highest BCUT2D eigenvalue weighted by Crippen LogP contribution is 2.32. The number of fused-ring (bicyclic) bond motifs is 1. The first-order chi connectivity index (χ1) is 16.7. The highest BCUT2D eigenvalue weighted by atomic mass is 32.2. The Bertz CT molecular complexity index is 922. The number of rotatable bonds is 11. The predicted molar refractivity (Wildman–Crippen MR) is 137 cm³/mol. The van der Waals surface area contributed by atoms with Crippen LogP contribution in [0.5, 0.6) is 0 Å². The molecule has 9 heteroatoms. The maximum absolute atomic E-state index is 12.8. The zero-order chi connectivity index (χ0) is 23.8. The van der Waals surface area contributed by atoms with E-state index in [9.17, 15) is 4.79 Å². The molecule has 1 saturated carbocycles. The van der Waals surface area contributed by atoms with Crippen molar-refractivity contribution in [3.63, 3.8) is 0 Å². The van der Waals surface area contributed by atoms with Crippen LogP contribution in [0.1, 0.15) is 65.2 Å². The third kappa shape index (κ3) is 6.42. The van der Waals surface area contributed by atoms with Gasteiger partial charge in [0.15, 0.2) is 10.8 Å². The van der Waals surface area contributed by atoms with Gasteiger partial charge in [0.1, 0.15) is 5.82 Å². The van der Waals surface area contributed by atoms with Crippen molar-refractivity contribution >= 4 is 34.5 Å². The van der Waals surface area contributed by atoms with Gasteiger partial charge in [0.2, 0.25) is 5.91 Å². The number of carbonyl (C=O) groups is 1. The lowest BCUT2D eigenvalue weighted by Crippen LogP contribution is -2.37. The first-order valence-corrected chi connectivity index (χ1v) is 14.1. The normalized spacial score (nSPS) is 21.2. The third-order valence-corrected chi connectivity index (χ3v) is 8.06. The number of ether oxygens (including phenoxy) is 1. The Morgan fingerprint density at radius 2 is 1.94 bits per heavy atom. The van der Waals surface area contributed by atoms with Crippen LogP contribution in [0.25, 0.3) is 11.0 Å². The van der Waals surface area contributed by atoms with Gasteiger partial charge in [0, 0.05) is 31.3 Å². The number of thioether (sulfide) groups is 1. The van der Waals surface area contributed by atoms with Gasteiger partial charge in [0.05, 0.1) is 31.3 Å². The molecule has 1 aliphatic heterocycles. The van der Waals surface area contributed by atoms with E-state index >= 15 is 0 Å². The second-order valence-electron chi connectivity index (χ2n) is 9.53. The number of aromatic nitrogens is 4. The second kappa shape index (κ2) is 12.7. The molecule has 2 aromatic rings. The zero-order valence-electron chi connectivity index (χ0n) is 20.8. The zero-order valence-corrected chi connectivity index (χ0v) is 21.6. The maximum atomic E-state index is 12.8. The summed E-state index contributed by atoms with van der Waals surface area (Å²) in [7, 11) is 0. The van der Waals surface area contributed by atoms with E-state index in [1.165, 1.54) is 32.1 Å². The van der Waals surface area contributed by atoms with E-state index in [-0.39, 0.29) is 11.8 Å². The molecule has 0 bridgehead atoms. The molecule has 0 radical (unpaired) electrons. The molecule has 34 heavy (non-hydrogen) atoms. The number of anilines is 1. The summed E-state index contributed by atoms with van der Waals surface area (Å²) in [6.07, 6.45) is 11.3. The molecular formula is C25H40N6O2S. The monoisotopic (exact) mass is 488 g/mol. The summed E-state index contributed by atoms with van der Waals surface area (Å²) >= 11 is 1.69. The van der Waals surface area contributed by atoms with Crippen LogP contribution in [0.3, 0.4) is 0 Å². The molecule has 8 nitrogen and oxygen atoms in total. The first-order valence-electron chi connectivity index (χ1n) is 13.2. The predicted octanol–water partition coefficient (Wildman–Crippen LogP) is 4.28. The number of unbranched alkanes of at least 4 members (excludes halogenated alkanes) is 1. The lowest BCUT2D eigenvalue weighted by atomic mass is 9.79. The molecule has 1 aliphatic carbocycles. The molecule has 3 heterocycles. The van der Waals surface area contributed by atoms with Gasteiger partial charge in [-0.1, -0.05) is 44.9 Å². The Morgan fingerprint density at radius 1 is 1.15 bits per heavy atom. The molecule has 1 amide bonds. The van der Waals surface area contributed by atoms with Gasteiger partial charge in [-0.3, -0.25) is 4.79 Å². The van der Waals surface area contributed by atoms with Crippen molar-refractivity contribution in [2.24, 2.45) is 11.8 Å². The summed E-state index contributed by atoms with van der Waals surface area (Å²) in [6.45, 7) is 8.67. The van der Waals surface area contributed by atoms with E-state index < -0.39 is 0 Å². The fourth-order valence-corrected chi connectivity index (χ4v) is 5.68. The fourth-order valence-electron chi connectivity index (χ4n) is 4.99. The fraction of sp³-hybridized carbons (Fsp3) is 0.760. The molecule has 1 saturated heterocycles. The molecule has 0 spiro atoms. The molecule has 0 atom stereocenters. The number of amides is 1. The Kier molecular flexibility index (Phi) is 9.44. The van der Waals surface area contributed by atoms with Crippen LogP contribution in [0.15, 0.2) is 11.4 Å². The summed E-state index contributed by atoms with van der Waals surface area (Å²) < 4.78 is 7.45. The van der Waals surface area contributed by atoms with Crippen LogP contribution in [-0.2, 0) is 16.1 Å². The van der Waals surface area contributed by atoms with E-state index in [4.69, 9.17) is 14.7 Å². The minimum absolute atomic E-state index is 0.166. The lowest BCUT2D eigenvalue weighted by Gasteiger charge is -2.28. The van der Waals surface area contributed by atoms with Gasteiger partial charge < -0.3 is 15.0 Å². The Labute approximate surface area is 207 Å². The average Bonchev–Trinajstić information content (AvgIpc) is 3.29. The number of morpholine rings is 1. The molecule has 4 rings (SSSR count). The standard InChI is InChI=1S/C25H40N6O2S/c1-3-5-6-19-7-9-20(10-8-19)24(32)26-11-12-31-23-21(18-27-31)22(30-13-15-33-16-14-30)28-25(29-23)34-17-4-2/h18-20H,3-17H2,1-2H3,(H,26,32). The summed E-state index contributed by atoms with van der Waals surface area (Å²) in [6, 6.07) is 0. The first kappa shape index (κ1) is 25.2. The van der Waals surface area contributed by atoms with Crippen LogP contribution >= 0.6 is 11.8 Å². The van der Waals surface area contributed by atoms with E-state index in [1.54, 1.807) is 11.8 Å². The van der Waals surface area contributed by atoms with Gasteiger partial charge in [-0.25, -0.2) is 14.6 Å². The molecule has 2 aliphatic rings. The number of nitrogens with zero attached hydrogens (tertiary/aromatic N) is 5. The van der Waals surface area contributed by atoms with Crippen molar-refractivity contribution in [3.05, 3.63) is 6.20 Å². The minimum Gasteiger partial charge on any atom is -0.378 e. The average molecular weight is 489 g/mol. The third-order valence-electron chi connectivity index (χ3n) is 7.01. The molecule has 2 fully saturated rings. The summed E-state index contributed by atoms with van der Waals surface area (Å²) in [5.74, 6) is 3.12. The Balaban J connectivity index is 1.37. The van der Waals surface area contributed by atoms with Gasteiger partial charge in [0.25, 0.3) is 0 Å². The van der Waals surface area contributed by atoms with Crippen LogP contribution in [0.2, 0.25) is 0 Å². The SMILES string of the molecule is CCCCC1CCC(C(=O)NCCn2ncc3c(N4CCOCC4)nc(SCCC)nc32)CC1. The largest absolute Gasteiger partial charge is 0.378 e. The van der Waals surface area contributed by atoms with Gasteiger partial charge in [-0.15, -0.1) is 0 Å².